The quantitative estimate of drug-likeness (QED) is 0.862. The summed E-state index contributed by atoms with van der Waals surface area (Å²) in [7, 11) is -1.15. The van der Waals surface area contributed by atoms with E-state index in [1.54, 1.807) is 18.6 Å². The normalized spacial score (nSPS) is 14.8. The predicted octanol–water partition coefficient (Wildman–Crippen LogP) is 2.82. The summed E-state index contributed by atoms with van der Waals surface area (Å²) in [4.78, 5) is 15.1. The number of hydrogen-bond donors (Lipinski definition) is 1. The predicted molar refractivity (Wildman–Crippen MR) is 83.7 cm³/mol. The van der Waals surface area contributed by atoms with Crippen molar-refractivity contribution in [1.82, 2.24) is 4.98 Å². The van der Waals surface area contributed by atoms with E-state index in [4.69, 9.17) is 0 Å². The molecule has 100 valence electrons. The van der Waals surface area contributed by atoms with Crippen molar-refractivity contribution in [2.45, 2.75) is 4.58 Å². The van der Waals surface area contributed by atoms with Crippen molar-refractivity contribution in [3.63, 3.8) is 0 Å². The van der Waals surface area contributed by atoms with Gasteiger partial charge in [-0.25, -0.2) is 0 Å². The maximum Gasteiger partial charge on any atom is 0.181 e. The molecule has 0 aliphatic heterocycles. The summed E-state index contributed by atoms with van der Waals surface area (Å²) >= 11 is 1.32. The fourth-order valence-electron chi connectivity index (χ4n) is 1.90. The first-order valence-corrected chi connectivity index (χ1v) is 8.67. The van der Waals surface area contributed by atoms with Crippen LogP contribution in [-0.2, 0) is 15.6 Å². The summed E-state index contributed by atoms with van der Waals surface area (Å²) in [5, 5.41) is 1.07. The van der Waals surface area contributed by atoms with Crippen LogP contribution in [-0.4, -0.2) is 32.1 Å². The molecule has 2 rings (SSSR count). The second kappa shape index (κ2) is 6.21. The van der Waals surface area contributed by atoms with Gasteiger partial charge in [-0.15, -0.1) is 11.8 Å². The van der Waals surface area contributed by atoms with Gasteiger partial charge in [-0.1, -0.05) is 18.2 Å². The molecule has 0 fully saturated rings. The smallest absolute Gasteiger partial charge is 0.181 e. The van der Waals surface area contributed by atoms with Gasteiger partial charge in [0.1, 0.15) is 4.58 Å². The molecular weight excluding hydrogens is 278 g/mol. The minimum Gasteiger partial charge on any atom is -0.361 e. The van der Waals surface area contributed by atoms with Gasteiger partial charge in [0.2, 0.25) is 0 Å². The molecule has 0 amide bonds. The summed E-state index contributed by atoms with van der Waals surface area (Å²) in [6, 6.07) is 7.91. The van der Waals surface area contributed by atoms with E-state index in [-0.39, 0.29) is 5.78 Å². The summed E-state index contributed by atoms with van der Waals surface area (Å²) in [5.74, 6) is -0.112. The number of para-hydroxylation sites is 1. The van der Waals surface area contributed by atoms with E-state index < -0.39 is 15.4 Å². The van der Waals surface area contributed by atoms with E-state index in [0.29, 0.717) is 0 Å². The van der Waals surface area contributed by atoms with Crippen LogP contribution in [0.1, 0.15) is 5.56 Å². The average molecular weight is 293 g/mol. The van der Waals surface area contributed by atoms with Gasteiger partial charge in [-0.3, -0.25) is 9.00 Å². The van der Waals surface area contributed by atoms with Gasteiger partial charge in [-0.2, -0.15) is 0 Å². The number of carbonyl (C=O) groups excluding carboxylic acids is 1. The molecular formula is C14H15NO2S2. The molecule has 2 atom stereocenters. The SMILES string of the molecule is CSC(C(=O)C=Cc1c[nH]c2ccccc12)S(C)=O. The Labute approximate surface area is 118 Å². The van der Waals surface area contributed by atoms with Crippen molar-refractivity contribution < 1.29 is 9.00 Å². The lowest BCUT2D eigenvalue weighted by molar-refractivity contribution is -0.112. The zero-order valence-corrected chi connectivity index (χ0v) is 12.4. The maximum atomic E-state index is 11.9. The van der Waals surface area contributed by atoms with E-state index in [1.165, 1.54) is 17.8 Å². The first kappa shape index (κ1) is 14.1. The second-order valence-electron chi connectivity index (χ2n) is 4.09. The van der Waals surface area contributed by atoms with Gasteiger partial charge in [0, 0.05) is 34.2 Å². The summed E-state index contributed by atoms with van der Waals surface area (Å²) in [6.45, 7) is 0. The first-order valence-electron chi connectivity index (χ1n) is 5.76. The highest BCUT2D eigenvalue weighted by Crippen LogP contribution is 2.19. The fraction of sp³-hybridized carbons (Fsp3) is 0.214. The standard InChI is InChI=1S/C14H15NO2S2/c1-18-14(19(2)17)13(16)8-7-10-9-15-12-6-4-3-5-11(10)12/h3-9,14-15H,1-2H3. The molecule has 1 aromatic carbocycles. The number of rotatable bonds is 5. The molecule has 2 unspecified atom stereocenters. The lowest BCUT2D eigenvalue weighted by Gasteiger charge is -2.06. The number of thioether (sulfide) groups is 1. The van der Waals surface area contributed by atoms with Gasteiger partial charge in [0.15, 0.2) is 5.78 Å². The topological polar surface area (TPSA) is 49.9 Å². The molecule has 19 heavy (non-hydrogen) atoms. The van der Waals surface area contributed by atoms with E-state index in [0.717, 1.165) is 16.5 Å². The Balaban J connectivity index is 2.23. The van der Waals surface area contributed by atoms with Crippen LogP contribution in [0.5, 0.6) is 0 Å². The molecule has 5 heteroatoms. The van der Waals surface area contributed by atoms with Crippen LogP contribution in [0.4, 0.5) is 0 Å². The number of benzene rings is 1. The highest BCUT2D eigenvalue weighted by Gasteiger charge is 2.18. The number of ketones is 1. The lowest BCUT2D eigenvalue weighted by atomic mass is 10.1. The van der Waals surface area contributed by atoms with Crippen molar-refractivity contribution in [2.75, 3.05) is 12.5 Å². The van der Waals surface area contributed by atoms with Crippen LogP contribution in [0.2, 0.25) is 0 Å². The van der Waals surface area contributed by atoms with Gasteiger partial charge < -0.3 is 4.98 Å². The molecule has 1 N–H and O–H groups in total. The van der Waals surface area contributed by atoms with Crippen molar-refractivity contribution >= 4 is 45.3 Å². The van der Waals surface area contributed by atoms with Crippen LogP contribution < -0.4 is 0 Å². The number of hydrogen-bond acceptors (Lipinski definition) is 3. The third-order valence-corrected chi connectivity index (χ3v) is 5.68. The molecule has 3 nitrogen and oxygen atoms in total. The summed E-state index contributed by atoms with van der Waals surface area (Å²) in [5.41, 5.74) is 2.00. The number of allylic oxidation sites excluding steroid dienone is 1. The number of H-pyrrole nitrogens is 1. The Hall–Kier alpha value is -1.33. The minimum atomic E-state index is -1.15. The van der Waals surface area contributed by atoms with Gasteiger partial charge in [-0.05, 0) is 30.0 Å². The molecule has 0 saturated carbocycles. The van der Waals surface area contributed by atoms with Crippen LogP contribution in [0.15, 0.2) is 36.5 Å². The van der Waals surface area contributed by atoms with Gasteiger partial charge >= 0.3 is 0 Å². The van der Waals surface area contributed by atoms with Crippen molar-refractivity contribution in [3.8, 4) is 0 Å². The number of nitrogens with one attached hydrogen (secondary N) is 1. The fourth-order valence-corrected chi connectivity index (χ4v) is 3.70. The molecule has 0 spiro atoms. The van der Waals surface area contributed by atoms with Gasteiger partial charge in [0.25, 0.3) is 0 Å². The highest BCUT2D eigenvalue weighted by atomic mass is 32.2. The van der Waals surface area contributed by atoms with Crippen LogP contribution >= 0.6 is 11.8 Å². The van der Waals surface area contributed by atoms with Crippen LogP contribution in [0, 0.1) is 0 Å². The Bertz CT molecular complexity index is 646. The molecule has 0 radical (unpaired) electrons. The molecule has 0 saturated heterocycles. The van der Waals surface area contributed by atoms with Crippen molar-refractivity contribution in [3.05, 3.63) is 42.1 Å². The third-order valence-electron chi connectivity index (χ3n) is 2.80. The van der Waals surface area contributed by atoms with E-state index in [9.17, 15) is 9.00 Å². The zero-order chi connectivity index (χ0) is 13.8. The van der Waals surface area contributed by atoms with E-state index in [2.05, 4.69) is 4.98 Å². The van der Waals surface area contributed by atoms with E-state index >= 15 is 0 Å². The summed E-state index contributed by atoms with van der Waals surface area (Å²) < 4.78 is 10.9. The minimum absolute atomic E-state index is 0.112. The number of aromatic nitrogens is 1. The molecule has 1 heterocycles. The zero-order valence-electron chi connectivity index (χ0n) is 10.8. The molecule has 0 aliphatic carbocycles. The lowest BCUT2D eigenvalue weighted by Crippen LogP contribution is -2.19. The number of aromatic amines is 1. The highest BCUT2D eigenvalue weighted by molar-refractivity contribution is 8.11. The largest absolute Gasteiger partial charge is 0.361 e. The Morgan fingerprint density at radius 3 is 2.84 bits per heavy atom. The monoisotopic (exact) mass is 293 g/mol. The van der Waals surface area contributed by atoms with E-state index in [1.807, 2.05) is 30.5 Å². The Morgan fingerprint density at radius 2 is 2.16 bits per heavy atom. The van der Waals surface area contributed by atoms with Crippen molar-refractivity contribution in [1.29, 1.82) is 0 Å². The third kappa shape index (κ3) is 3.16. The Kier molecular flexibility index (Phi) is 4.61. The van der Waals surface area contributed by atoms with Crippen LogP contribution in [0.25, 0.3) is 17.0 Å². The number of carbonyl (C=O) groups is 1. The molecule has 0 aliphatic rings. The molecule has 2 aromatic rings. The number of fused-ring (bicyclic) bond motifs is 1. The second-order valence-corrected chi connectivity index (χ2v) is 6.80. The average Bonchev–Trinajstić information content (AvgIpc) is 2.80. The van der Waals surface area contributed by atoms with Gasteiger partial charge in [0.05, 0.1) is 0 Å². The Morgan fingerprint density at radius 1 is 1.42 bits per heavy atom. The van der Waals surface area contributed by atoms with Crippen LogP contribution in [0.3, 0.4) is 0 Å². The maximum absolute atomic E-state index is 11.9. The first-order chi connectivity index (χ1) is 9.13. The molecule has 1 aromatic heterocycles. The van der Waals surface area contributed by atoms with Crippen molar-refractivity contribution in [2.24, 2.45) is 0 Å². The molecule has 0 bridgehead atoms. The summed E-state index contributed by atoms with van der Waals surface area (Å²) in [6.07, 6.45) is 8.50.